The van der Waals surface area contributed by atoms with Gasteiger partial charge in [-0.15, -0.1) is 0 Å². The maximum absolute atomic E-state index is 12.3. The first-order valence-corrected chi connectivity index (χ1v) is 8.10. The molecule has 0 amide bonds. The molecule has 20 heavy (non-hydrogen) atoms. The Hall–Kier alpha value is -1.23. The molecule has 0 radical (unpaired) electrons. The van der Waals surface area contributed by atoms with Crippen LogP contribution in [0.25, 0.3) is 0 Å². The fourth-order valence-corrected chi connectivity index (χ4v) is 4.06. The van der Waals surface area contributed by atoms with Gasteiger partial charge in [-0.25, -0.2) is 8.42 Å². The average molecular weight is 323 g/mol. The van der Waals surface area contributed by atoms with Gasteiger partial charge in [-0.05, 0) is 6.92 Å². The molecule has 0 spiro atoms. The minimum absolute atomic E-state index is 0.0625. The summed E-state index contributed by atoms with van der Waals surface area (Å²) in [4.78, 5) is 10.2. The molecule has 1 heterocycles. The fraction of sp³-hybridized carbons (Fsp3) is 0.600. The van der Waals surface area contributed by atoms with Crippen molar-refractivity contribution in [2.75, 3.05) is 39.2 Å². The zero-order valence-electron chi connectivity index (χ0n) is 11.5. The Bertz CT molecular complexity index is 569. The van der Waals surface area contributed by atoms with Gasteiger partial charge < -0.3 is 10.1 Å². The van der Waals surface area contributed by atoms with Gasteiger partial charge in [0, 0.05) is 33.3 Å². The first kappa shape index (κ1) is 16.8. The third-order valence-electron chi connectivity index (χ3n) is 2.53. The van der Waals surface area contributed by atoms with Crippen LogP contribution in [0.3, 0.4) is 0 Å². The maximum atomic E-state index is 12.3. The van der Waals surface area contributed by atoms with Crippen LogP contribution in [0.5, 0.6) is 0 Å². The monoisotopic (exact) mass is 323 g/mol. The molecule has 8 nitrogen and oxygen atoms in total. The van der Waals surface area contributed by atoms with E-state index in [2.05, 4.69) is 5.32 Å². The molecule has 0 aliphatic rings. The molecule has 1 rings (SSSR count). The quantitative estimate of drug-likeness (QED) is 0.440. The highest BCUT2D eigenvalue weighted by atomic mass is 32.2. The van der Waals surface area contributed by atoms with Crippen molar-refractivity contribution in [2.24, 2.45) is 0 Å². The van der Waals surface area contributed by atoms with Gasteiger partial charge in [-0.2, -0.15) is 4.31 Å². The lowest BCUT2D eigenvalue weighted by atomic mass is 10.5. The first-order chi connectivity index (χ1) is 9.34. The van der Waals surface area contributed by atoms with Gasteiger partial charge in [0.05, 0.1) is 11.5 Å². The summed E-state index contributed by atoms with van der Waals surface area (Å²) in [6.07, 6.45) is 0. The van der Waals surface area contributed by atoms with Crippen molar-refractivity contribution in [3.63, 3.8) is 0 Å². The Morgan fingerprint density at radius 1 is 1.55 bits per heavy atom. The van der Waals surface area contributed by atoms with E-state index in [1.807, 2.05) is 6.92 Å². The molecule has 0 saturated heterocycles. The number of rotatable bonds is 8. The fourth-order valence-electron chi connectivity index (χ4n) is 1.41. The zero-order valence-corrected chi connectivity index (χ0v) is 13.1. The number of thiophene rings is 1. The van der Waals surface area contributed by atoms with Gasteiger partial charge in [0.15, 0.2) is 5.00 Å². The van der Waals surface area contributed by atoms with Crippen LogP contribution in [0.2, 0.25) is 0 Å². The standard InChI is InChI=1S/C10H17N3O5S2/c1-4-18-6-5-12(3)20(16,17)9-7-8(13(14)15)10(11-2)19-9/h7,11H,4-6H2,1-3H3. The Morgan fingerprint density at radius 3 is 2.65 bits per heavy atom. The molecule has 10 heteroatoms. The van der Waals surface area contributed by atoms with Crippen LogP contribution in [-0.4, -0.2) is 51.5 Å². The van der Waals surface area contributed by atoms with E-state index in [0.29, 0.717) is 6.61 Å². The summed E-state index contributed by atoms with van der Waals surface area (Å²) >= 11 is 0.839. The Balaban J connectivity index is 3.00. The van der Waals surface area contributed by atoms with Gasteiger partial charge >= 0.3 is 5.69 Å². The van der Waals surface area contributed by atoms with Gasteiger partial charge in [0.2, 0.25) is 0 Å². The molecular formula is C10H17N3O5S2. The van der Waals surface area contributed by atoms with E-state index < -0.39 is 14.9 Å². The summed E-state index contributed by atoms with van der Waals surface area (Å²) in [7, 11) is -0.814. The van der Waals surface area contributed by atoms with E-state index in [4.69, 9.17) is 4.74 Å². The summed E-state index contributed by atoms with van der Waals surface area (Å²) < 4.78 is 30.7. The van der Waals surface area contributed by atoms with Gasteiger partial charge in [-0.1, -0.05) is 11.3 Å². The normalized spacial score (nSPS) is 11.8. The topological polar surface area (TPSA) is 102 Å². The maximum Gasteiger partial charge on any atom is 0.304 e. The molecular weight excluding hydrogens is 306 g/mol. The van der Waals surface area contributed by atoms with Crippen LogP contribution in [0.15, 0.2) is 10.3 Å². The number of hydrogen-bond acceptors (Lipinski definition) is 7. The van der Waals surface area contributed by atoms with Crippen LogP contribution in [0.4, 0.5) is 10.7 Å². The predicted octanol–water partition coefficient (Wildman–Crippen LogP) is 1.36. The van der Waals surface area contributed by atoms with E-state index in [1.165, 1.54) is 14.1 Å². The van der Waals surface area contributed by atoms with E-state index in [-0.39, 0.29) is 28.0 Å². The number of likely N-dealkylation sites (N-methyl/N-ethyl adjacent to an activating group) is 1. The largest absolute Gasteiger partial charge is 0.380 e. The third kappa shape index (κ3) is 3.66. The highest BCUT2D eigenvalue weighted by Gasteiger charge is 2.28. The second-order valence-electron chi connectivity index (χ2n) is 3.81. The molecule has 0 aromatic carbocycles. The Morgan fingerprint density at radius 2 is 2.20 bits per heavy atom. The third-order valence-corrected chi connectivity index (χ3v) is 5.98. The van der Waals surface area contributed by atoms with E-state index in [0.717, 1.165) is 21.7 Å². The smallest absolute Gasteiger partial charge is 0.304 e. The molecule has 114 valence electrons. The Kier molecular flexibility index (Phi) is 5.87. The number of hydrogen-bond donors (Lipinski definition) is 1. The highest BCUT2D eigenvalue weighted by molar-refractivity contribution is 7.91. The van der Waals surface area contributed by atoms with Crippen LogP contribution in [-0.2, 0) is 14.8 Å². The van der Waals surface area contributed by atoms with Crippen LogP contribution in [0.1, 0.15) is 6.92 Å². The molecule has 0 unspecified atom stereocenters. The van der Waals surface area contributed by atoms with Crippen molar-refractivity contribution < 1.29 is 18.1 Å². The molecule has 0 fully saturated rings. The Labute approximate surface area is 121 Å². The van der Waals surface area contributed by atoms with Crippen molar-refractivity contribution in [3.05, 3.63) is 16.2 Å². The number of anilines is 1. The second kappa shape index (κ2) is 6.97. The summed E-state index contributed by atoms with van der Waals surface area (Å²) in [5.41, 5.74) is -0.241. The average Bonchev–Trinajstić information content (AvgIpc) is 2.83. The van der Waals surface area contributed by atoms with Crippen LogP contribution < -0.4 is 5.32 Å². The first-order valence-electron chi connectivity index (χ1n) is 5.84. The van der Waals surface area contributed by atoms with Crippen molar-refractivity contribution in [3.8, 4) is 0 Å². The summed E-state index contributed by atoms with van der Waals surface area (Å²) in [5, 5.41) is 13.7. The number of sulfonamides is 1. The predicted molar refractivity (Wildman–Crippen MR) is 76.8 cm³/mol. The number of nitrogens with one attached hydrogen (secondary N) is 1. The van der Waals surface area contributed by atoms with Crippen LogP contribution >= 0.6 is 11.3 Å². The zero-order chi connectivity index (χ0) is 15.3. The molecule has 0 atom stereocenters. The van der Waals surface area contributed by atoms with Crippen LogP contribution in [0, 0.1) is 10.1 Å². The lowest BCUT2D eigenvalue weighted by Crippen LogP contribution is -2.29. The molecule has 1 aromatic rings. The molecule has 1 N–H and O–H groups in total. The SMILES string of the molecule is CCOCCN(C)S(=O)(=O)c1cc([N+](=O)[O-])c(NC)s1. The minimum Gasteiger partial charge on any atom is -0.380 e. The molecule has 0 saturated carbocycles. The van der Waals surface area contributed by atoms with Gasteiger partial charge in [-0.3, -0.25) is 10.1 Å². The van der Waals surface area contributed by atoms with Crippen molar-refractivity contribution >= 4 is 32.0 Å². The van der Waals surface area contributed by atoms with Gasteiger partial charge in [0.25, 0.3) is 10.0 Å². The number of ether oxygens (including phenoxy) is 1. The van der Waals surface area contributed by atoms with E-state index in [9.17, 15) is 18.5 Å². The minimum atomic E-state index is -3.74. The van der Waals surface area contributed by atoms with Crippen molar-refractivity contribution in [2.45, 2.75) is 11.1 Å². The summed E-state index contributed by atoms with van der Waals surface area (Å²) in [5.74, 6) is 0. The van der Waals surface area contributed by atoms with Crippen molar-refractivity contribution in [1.82, 2.24) is 4.31 Å². The van der Waals surface area contributed by atoms with E-state index in [1.54, 1.807) is 0 Å². The lowest BCUT2D eigenvalue weighted by Gasteiger charge is -2.15. The van der Waals surface area contributed by atoms with E-state index >= 15 is 0 Å². The van der Waals surface area contributed by atoms with Gasteiger partial charge in [0.1, 0.15) is 4.21 Å². The summed E-state index contributed by atoms with van der Waals surface area (Å²) in [6.45, 7) is 2.79. The number of nitrogens with zero attached hydrogens (tertiary/aromatic N) is 2. The molecule has 1 aromatic heterocycles. The molecule has 0 aliphatic carbocycles. The molecule has 0 aliphatic heterocycles. The second-order valence-corrected chi connectivity index (χ2v) is 7.13. The lowest BCUT2D eigenvalue weighted by molar-refractivity contribution is -0.383. The van der Waals surface area contributed by atoms with Crippen molar-refractivity contribution in [1.29, 1.82) is 0 Å². The number of nitro groups is 1. The molecule has 0 bridgehead atoms. The highest BCUT2D eigenvalue weighted by Crippen LogP contribution is 2.37. The summed E-state index contributed by atoms with van der Waals surface area (Å²) in [6, 6.07) is 1.07.